The SMILES string of the molecule is NCC1CCCCN1C(=O)c1ccc(Cl)c(Cl)c1. The lowest BCUT2D eigenvalue weighted by Gasteiger charge is -2.35. The Morgan fingerprint density at radius 3 is 2.78 bits per heavy atom. The third-order valence-electron chi connectivity index (χ3n) is 3.33. The number of piperidine rings is 1. The molecule has 1 fully saturated rings. The van der Waals surface area contributed by atoms with Crippen molar-refractivity contribution in [2.24, 2.45) is 5.73 Å². The molecule has 0 aromatic heterocycles. The molecule has 1 amide bonds. The number of halogens is 2. The molecule has 2 N–H and O–H groups in total. The van der Waals surface area contributed by atoms with Gasteiger partial charge in [-0.05, 0) is 37.5 Å². The van der Waals surface area contributed by atoms with Gasteiger partial charge in [-0.3, -0.25) is 4.79 Å². The molecule has 18 heavy (non-hydrogen) atoms. The molecule has 1 aromatic carbocycles. The minimum Gasteiger partial charge on any atom is -0.334 e. The molecular weight excluding hydrogens is 271 g/mol. The van der Waals surface area contributed by atoms with Crippen LogP contribution in [0, 0.1) is 0 Å². The first-order valence-electron chi connectivity index (χ1n) is 6.09. The molecule has 1 saturated heterocycles. The predicted octanol–water partition coefficient (Wildman–Crippen LogP) is 2.95. The minimum absolute atomic E-state index is 0.0104. The average molecular weight is 287 g/mol. The summed E-state index contributed by atoms with van der Waals surface area (Å²) in [5.41, 5.74) is 6.30. The lowest BCUT2D eigenvalue weighted by atomic mass is 10.0. The minimum atomic E-state index is -0.0104. The van der Waals surface area contributed by atoms with E-state index < -0.39 is 0 Å². The number of hydrogen-bond donors (Lipinski definition) is 1. The second-order valence-electron chi connectivity index (χ2n) is 4.51. The summed E-state index contributed by atoms with van der Waals surface area (Å²) in [6.07, 6.45) is 3.14. The number of nitrogens with two attached hydrogens (primary N) is 1. The molecule has 0 bridgehead atoms. The van der Waals surface area contributed by atoms with Gasteiger partial charge in [0.05, 0.1) is 10.0 Å². The molecule has 5 heteroatoms. The van der Waals surface area contributed by atoms with Crippen molar-refractivity contribution in [1.29, 1.82) is 0 Å². The molecule has 0 aliphatic carbocycles. The van der Waals surface area contributed by atoms with Crippen LogP contribution in [0.1, 0.15) is 29.6 Å². The Morgan fingerprint density at radius 1 is 1.33 bits per heavy atom. The van der Waals surface area contributed by atoms with Crippen molar-refractivity contribution >= 4 is 29.1 Å². The topological polar surface area (TPSA) is 46.3 Å². The van der Waals surface area contributed by atoms with Crippen LogP contribution in [-0.4, -0.2) is 29.9 Å². The summed E-state index contributed by atoms with van der Waals surface area (Å²) < 4.78 is 0. The number of hydrogen-bond acceptors (Lipinski definition) is 2. The third-order valence-corrected chi connectivity index (χ3v) is 4.07. The summed E-state index contributed by atoms with van der Waals surface area (Å²) in [5, 5.41) is 0.867. The van der Waals surface area contributed by atoms with Crippen LogP contribution < -0.4 is 5.73 Å². The van der Waals surface area contributed by atoms with Gasteiger partial charge in [0.25, 0.3) is 5.91 Å². The summed E-state index contributed by atoms with van der Waals surface area (Å²) in [6.45, 7) is 1.27. The molecule has 1 unspecified atom stereocenters. The lowest BCUT2D eigenvalue weighted by Crippen LogP contribution is -2.47. The number of carbonyl (C=O) groups is 1. The molecule has 1 aromatic rings. The van der Waals surface area contributed by atoms with E-state index >= 15 is 0 Å². The van der Waals surface area contributed by atoms with Crippen molar-refractivity contribution < 1.29 is 4.79 Å². The van der Waals surface area contributed by atoms with Gasteiger partial charge in [-0.15, -0.1) is 0 Å². The predicted molar refractivity (Wildman–Crippen MR) is 74.2 cm³/mol. The Kier molecular flexibility index (Phi) is 4.49. The Hall–Kier alpha value is -0.770. The van der Waals surface area contributed by atoms with E-state index in [1.54, 1.807) is 18.2 Å². The van der Waals surface area contributed by atoms with Gasteiger partial charge in [0.1, 0.15) is 0 Å². The van der Waals surface area contributed by atoms with Gasteiger partial charge < -0.3 is 10.6 Å². The van der Waals surface area contributed by atoms with E-state index in [-0.39, 0.29) is 11.9 Å². The summed E-state index contributed by atoms with van der Waals surface area (Å²) >= 11 is 11.8. The molecule has 1 heterocycles. The van der Waals surface area contributed by atoms with Crippen molar-refractivity contribution in [3.05, 3.63) is 33.8 Å². The number of nitrogens with zero attached hydrogens (tertiary/aromatic N) is 1. The van der Waals surface area contributed by atoms with E-state index in [1.807, 2.05) is 4.90 Å². The van der Waals surface area contributed by atoms with Gasteiger partial charge in [-0.1, -0.05) is 23.2 Å². The molecule has 1 aliphatic heterocycles. The first-order valence-corrected chi connectivity index (χ1v) is 6.85. The highest BCUT2D eigenvalue weighted by Gasteiger charge is 2.26. The lowest BCUT2D eigenvalue weighted by molar-refractivity contribution is 0.0623. The van der Waals surface area contributed by atoms with Crippen LogP contribution in [0.4, 0.5) is 0 Å². The molecule has 0 saturated carbocycles. The molecule has 98 valence electrons. The zero-order valence-corrected chi connectivity index (χ0v) is 11.5. The maximum absolute atomic E-state index is 12.4. The number of rotatable bonds is 2. The van der Waals surface area contributed by atoms with Gasteiger partial charge >= 0.3 is 0 Å². The largest absolute Gasteiger partial charge is 0.334 e. The van der Waals surface area contributed by atoms with Crippen LogP contribution >= 0.6 is 23.2 Å². The van der Waals surface area contributed by atoms with Gasteiger partial charge in [0.2, 0.25) is 0 Å². The fourth-order valence-electron chi connectivity index (χ4n) is 2.31. The van der Waals surface area contributed by atoms with Crippen molar-refractivity contribution in [1.82, 2.24) is 4.90 Å². The maximum atomic E-state index is 12.4. The number of carbonyl (C=O) groups excluding carboxylic acids is 1. The Balaban J connectivity index is 2.21. The summed E-state index contributed by atoms with van der Waals surface area (Å²) in [4.78, 5) is 14.3. The van der Waals surface area contributed by atoms with Gasteiger partial charge in [-0.2, -0.15) is 0 Å². The third kappa shape index (κ3) is 2.79. The Morgan fingerprint density at radius 2 is 2.11 bits per heavy atom. The van der Waals surface area contributed by atoms with E-state index in [9.17, 15) is 4.79 Å². The highest BCUT2D eigenvalue weighted by molar-refractivity contribution is 6.42. The van der Waals surface area contributed by atoms with Crippen molar-refractivity contribution in [3.63, 3.8) is 0 Å². The standard InChI is InChI=1S/C13H16Cl2N2O/c14-11-5-4-9(7-12(11)15)13(18)17-6-2-1-3-10(17)8-16/h4-5,7,10H,1-3,6,8,16H2. The van der Waals surface area contributed by atoms with Crippen LogP contribution in [-0.2, 0) is 0 Å². The molecule has 1 atom stereocenters. The quantitative estimate of drug-likeness (QED) is 0.909. The highest BCUT2D eigenvalue weighted by Crippen LogP contribution is 2.25. The first kappa shape index (κ1) is 13.7. The van der Waals surface area contributed by atoms with Gasteiger partial charge in [0.15, 0.2) is 0 Å². The molecule has 3 nitrogen and oxygen atoms in total. The van der Waals surface area contributed by atoms with Crippen LogP contribution in [0.5, 0.6) is 0 Å². The Bertz CT molecular complexity index is 451. The van der Waals surface area contributed by atoms with Gasteiger partial charge in [-0.25, -0.2) is 0 Å². The zero-order valence-electron chi connectivity index (χ0n) is 10.0. The average Bonchev–Trinajstić information content (AvgIpc) is 2.41. The monoisotopic (exact) mass is 286 g/mol. The second kappa shape index (κ2) is 5.91. The normalized spacial score (nSPS) is 19.9. The van der Waals surface area contributed by atoms with Crippen molar-refractivity contribution in [2.75, 3.05) is 13.1 Å². The van der Waals surface area contributed by atoms with E-state index in [0.717, 1.165) is 25.8 Å². The zero-order chi connectivity index (χ0) is 13.1. The van der Waals surface area contributed by atoms with Crippen molar-refractivity contribution in [3.8, 4) is 0 Å². The second-order valence-corrected chi connectivity index (χ2v) is 5.33. The van der Waals surface area contributed by atoms with Crippen LogP contribution in [0.25, 0.3) is 0 Å². The van der Waals surface area contributed by atoms with E-state index in [0.29, 0.717) is 22.2 Å². The summed E-state index contributed by atoms with van der Waals surface area (Å²) in [6, 6.07) is 5.12. The molecule has 0 spiro atoms. The van der Waals surface area contributed by atoms with E-state index in [4.69, 9.17) is 28.9 Å². The van der Waals surface area contributed by atoms with E-state index in [2.05, 4.69) is 0 Å². The molecule has 0 radical (unpaired) electrons. The molecule has 1 aliphatic rings. The first-order chi connectivity index (χ1) is 8.63. The van der Waals surface area contributed by atoms with E-state index in [1.165, 1.54) is 0 Å². The van der Waals surface area contributed by atoms with Crippen LogP contribution in [0.15, 0.2) is 18.2 Å². The van der Waals surface area contributed by atoms with Gasteiger partial charge in [0, 0.05) is 24.7 Å². The maximum Gasteiger partial charge on any atom is 0.254 e. The summed E-state index contributed by atoms with van der Waals surface area (Å²) in [5.74, 6) is -0.0104. The fraction of sp³-hybridized carbons (Fsp3) is 0.462. The fourth-order valence-corrected chi connectivity index (χ4v) is 2.61. The number of amides is 1. The number of likely N-dealkylation sites (tertiary alicyclic amines) is 1. The molecular formula is C13H16Cl2N2O. The molecule has 2 rings (SSSR count). The van der Waals surface area contributed by atoms with Crippen LogP contribution in [0.3, 0.4) is 0 Å². The summed E-state index contributed by atoms with van der Waals surface area (Å²) in [7, 11) is 0. The Labute approximate surface area is 117 Å². The van der Waals surface area contributed by atoms with Crippen molar-refractivity contribution in [2.45, 2.75) is 25.3 Å². The smallest absolute Gasteiger partial charge is 0.254 e. The highest BCUT2D eigenvalue weighted by atomic mass is 35.5. The van der Waals surface area contributed by atoms with Crippen LogP contribution in [0.2, 0.25) is 10.0 Å². The number of benzene rings is 1.